The average molecular weight is 332 g/mol. The molecule has 0 aliphatic heterocycles. The molecular weight excluding hydrogens is 304 g/mol. The lowest BCUT2D eigenvalue weighted by Crippen LogP contribution is -2.63. The number of hydrogen-bond acceptors (Lipinski definition) is 3. The van der Waals surface area contributed by atoms with E-state index >= 15 is 0 Å². The van der Waals surface area contributed by atoms with E-state index in [1.54, 1.807) is 0 Å². The summed E-state index contributed by atoms with van der Waals surface area (Å²) in [6, 6.07) is 0. The predicted octanol–water partition coefficient (Wildman–Crippen LogP) is 2.90. The molecule has 0 aromatic carbocycles. The summed E-state index contributed by atoms with van der Waals surface area (Å²) in [5.74, 6) is 0.215. The largest absolute Gasteiger partial charge is 0.481 e. The van der Waals surface area contributed by atoms with E-state index in [1.807, 2.05) is 13.8 Å². The first-order chi connectivity index (χ1) is 11.3. The summed E-state index contributed by atoms with van der Waals surface area (Å²) in [6.07, 6.45) is 6.47. The first-order valence-electron chi connectivity index (χ1n) is 9.35. The molecule has 4 aliphatic carbocycles. The fourth-order valence-electron chi connectivity index (χ4n) is 7.66. The molecular formula is C20H28O4. The molecule has 2 N–H and O–H groups in total. The van der Waals surface area contributed by atoms with Gasteiger partial charge in [0.1, 0.15) is 11.7 Å². The molecule has 4 nitrogen and oxygen atoms in total. The number of rotatable bonds is 4. The minimum absolute atomic E-state index is 0.0130. The second kappa shape index (κ2) is 4.72. The van der Waals surface area contributed by atoms with Crippen molar-refractivity contribution in [2.45, 2.75) is 46.5 Å². The van der Waals surface area contributed by atoms with Gasteiger partial charge in [0.25, 0.3) is 0 Å². The van der Waals surface area contributed by atoms with E-state index in [9.17, 15) is 19.8 Å². The van der Waals surface area contributed by atoms with Gasteiger partial charge < -0.3 is 15.0 Å². The highest BCUT2D eigenvalue weighted by atomic mass is 16.4. The molecule has 0 radical (unpaired) electrons. The van der Waals surface area contributed by atoms with Gasteiger partial charge in [-0.2, -0.15) is 0 Å². The van der Waals surface area contributed by atoms with E-state index in [4.69, 9.17) is 0 Å². The van der Waals surface area contributed by atoms with Crippen LogP contribution in [-0.4, -0.2) is 29.1 Å². The molecule has 3 saturated carbocycles. The molecule has 3 fully saturated rings. The van der Waals surface area contributed by atoms with Crippen LogP contribution < -0.4 is 0 Å². The highest BCUT2D eigenvalue weighted by molar-refractivity contribution is 5.90. The summed E-state index contributed by atoms with van der Waals surface area (Å²) in [6.45, 7) is 6.13. The number of carboxylic acid groups (broad SMARTS) is 1. The maximum atomic E-state index is 12.8. The van der Waals surface area contributed by atoms with Gasteiger partial charge in [-0.3, -0.25) is 4.79 Å². The van der Waals surface area contributed by atoms with Gasteiger partial charge in [-0.05, 0) is 48.9 Å². The zero-order chi connectivity index (χ0) is 17.5. The number of aliphatic hydroxyl groups excluding tert-OH is 1. The van der Waals surface area contributed by atoms with Crippen molar-refractivity contribution in [3.63, 3.8) is 0 Å². The zero-order valence-corrected chi connectivity index (χ0v) is 14.8. The molecule has 0 amide bonds. The van der Waals surface area contributed by atoms with Gasteiger partial charge in [-0.1, -0.05) is 38.8 Å². The molecule has 4 rings (SSSR count). The Morgan fingerprint density at radius 3 is 2.62 bits per heavy atom. The highest BCUT2D eigenvalue weighted by Crippen LogP contribution is 2.82. The van der Waals surface area contributed by atoms with Crippen LogP contribution in [-0.2, 0) is 9.59 Å². The molecule has 24 heavy (non-hydrogen) atoms. The molecule has 0 saturated heterocycles. The molecule has 0 unspecified atom stereocenters. The number of aliphatic carboxylic acids is 1. The molecule has 0 spiro atoms. The van der Waals surface area contributed by atoms with Crippen LogP contribution in [0.5, 0.6) is 0 Å². The predicted molar refractivity (Wildman–Crippen MR) is 89.1 cm³/mol. The van der Waals surface area contributed by atoms with Crippen LogP contribution in [0.2, 0.25) is 0 Å². The number of carboxylic acids is 1. The highest BCUT2D eigenvalue weighted by Gasteiger charge is 2.84. The van der Waals surface area contributed by atoms with Crippen molar-refractivity contribution in [3.8, 4) is 0 Å². The topological polar surface area (TPSA) is 74.6 Å². The summed E-state index contributed by atoms with van der Waals surface area (Å²) in [5, 5.41) is 20.9. The number of carbonyl (C=O) groups excluding carboxylic acids is 1. The van der Waals surface area contributed by atoms with Crippen molar-refractivity contribution >= 4 is 12.3 Å². The van der Waals surface area contributed by atoms with Crippen LogP contribution in [0.1, 0.15) is 46.5 Å². The fraction of sp³-hybridized carbons (Fsp3) is 0.800. The number of fused-ring (bicyclic) bond motifs is 2. The van der Waals surface area contributed by atoms with Gasteiger partial charge in [0.15, 0.2) is 0 Å². The Morgan fingerprint density at radius 1 is 1.38 bits per heavy atom. The van der Waals surface area contributed by atoms with Crippen molar-refractivity contribution in [3.05, 3.63) is 11.6 Å². The Hall–Kier alpha value is -1.16. The Balaban J connectivity index is 2.03. The lowest BCUT2D eigenvalue weighted by atomic mass is 9.43. The molecule has 7 atom stereocenters. The van der Waals surface area contributed by atoms with Crippen LogP contribution in [0.4, 0.5) is 0 Å². The number of aldehydes is 1. The van der Waals surface area contributed by atoms with E-state index in [2.05, 4.69) is 13.0 Å². The second-order valence-corrected chi connectivity index (χ2v) is 9.14. The summed E-state index contributed by atoms with van der Waals surface area (Å²) >= 11 is 0. The van der Waals surface area contributed by atoms with Crippen molar-refractivity contribution in [1.82, 2.24) is 0 Å². The van der Waals surface area contributed by atoms with Crippen molar-refractivity contribution in [2.24, 2.45) is 45.8 Å². The van der Waals surface area contributed by atoms with Gasteiger partial charge in [0, 0.05) is 5.41 Å². The van der Waals surface area contributed by atoms with Crippen LogP contribution in [0.15, 0.2) is 11.6 Å². The number of allylic oxidation sites excluding steroid dienone is 1. The van der Waals surface area contributed by atoms with Crippen molar-refractivity contribution in [2.75, 3.05) is 6.61 Å². The maximum absolute atomic E-state index is 12.8. The van der Waals surface area contributed by atoms with Crippen LogP contribution in [0, 0.1) is 45.8 Å². The average Bonchev–Trinajstić information content (AvgIpc) is 3.11. The Bertz CT molecular complexity index is 638. The van der Waals surface area contributed by atoms with E-state index in [0.29, 0.717) is 18.3 Å². The SMILES string of the molecule is CC(C)C1=C[C@H]2C[C@]3(C=O)[C@@H]4CC[C@@H](C)[C@H]4C[C@@]2(CO)[C@]13C(=O)O. The third kappa shape index (κ3) is 1.35. The first kappa shape index (κ1) is 16.3. The van der Waals surface area contributed by atoms with Gasteiger partial charge in [-0.25, -0.2) is 0 Å². The summed E-state index contributed by atoms with van der Waals surface area (Å²) in [7, 11) is 0. The molecule has 132 valence electrons. The molecule has 0 aromatic rings. The minimum atomic E-state index is -1.21. The smallest absolute Gasteiger partial charge is 0.315 e. The van der Waals surface area contributed by atoms with Gasteiger partial charge >= 0.3 is 5.97 Å². The quantitative estimate of drug-likeness (QED) is 0.613. The van der Waals surface area contributed by atoms with E-state index in [0.717, 1.165) is 31.1 Å². The van der Waals surface area contributed by atoms with Gasteiger partial charge in [0.05, 0.1) is 12.0 Å². The molecule has 0 heterocycles. The second-order valence-electron chi connectivity index (χ2n) is 9.14. The Labute approximate surface area is 143 Å². The molecule has 0 aromatic heterocycles. The normalized spacial score (nSPS) is 51.6. The molecule has 4 bridgehead atoms. The number of aliphatic hydroxyl groups is 1. The lowest BCUT2D eigenvalue weighted by Gasteiger charge is -2.58. The van der Waals surface area contributed by atoms with E-state index in [-0.39, 0.29) is 24.4 Å². The monoisotopic (exact) mass is 332 g/mol. The maximum Gasteiger partial charge on any atom is 0.315 e. The Kier molecular flexibility index (Phi) is 3.21. The fourth-order valence-corrected chi connectivity index (χ4v) is 7.66. The summed E-state index contributed by atoms with van der Waals surface area (Å²) in [5.41, 5.74) is -1.85. The summed E-state index contributed by atoms with van der Waals surface area (Å²) < 4.78 is 0. The third-order valence-electron chi connectivity index (χ3n) is 8.40. The van der Waals surface area contributed by atoms with Crippen LogP contribution in [0.25, 0.3) is 0 Å². The van der Waals surface area contributed by atoms with Crippen molar-refractivity contribution < 1.29 is 19.8 Å². The lowest BCUT2D eigenvalue weighted by molar-refractivity contribution is -0.184. The third-order valence-corrected chi connectivity index (χ3v) is 8.40. The zero-order valence-electron chi connectivity index (χ0n) is 14.8. The first-order valence-corrected chi connectivity index (χ1v) is 9.35. The van der Waals surface area contributed by atoms with E-state index in [1.165, 1.54) is 0 Å². The van der Waals surface area contributed by atoms with Crippen molar-refractivity contribution in [1.29, 1.82) is 0 Å². The number of hydrogen-bond donors (Lipinski definition) is 2. The standard InChI is InChI=1S/C20H28O4/c1-11(2)16-6-13-7-19(10-22)15-5-4-12(3)14(15)8-18(13,9-21)20(16,19)17(23)24/h6,10-15,21H,4-5,7-9H2,1-3H3,(H,23,24)/t12-,13+,14-,15-,18+,19+,20-/m1/s1. The van der Waals surface area contributed by atoms with E-state index < -0.39 is 22.2 Å². The minimum Gasteiger partial charge on any atom is -0.481 e. The molecule has 4 heteroatoms. The van der Waals surface area contributed by atoms with Gasteiger partial charge in [-0.15, -0.1) is 0 Å². The molecule has 4 aliphatic rings. The van der Waals surface area contributed by atoms with Gasteiger partial charge in [0.2, 0.25) is 0 Å². The number of carbonyl (C=O) groups is 2. The summed E-state index contributed by atoms with van der Waals surface area (Å²) in [4.78, 5) is 25.3. The van der Waals surface area contributed by atoms with Crippen LogP contribution in [0.3, 0.4) is 0 Å². The Morgan fingerprint density at radius 2 is 2.08 bits per heavy atom. The van der Waals surface area contributed by atoms with Crippen LogP contribution >= 0.6 is 0 Å².